The molecule has 2 rings (SSSR count). The lowest BCUT2D eigenvalue weighted by atomic mass is 9.84. The molecule has 3 nitrogen and oxygen atoms in total. The van der Waals surface area contributed by atoms with E-state index in [1.54, 1.807) is 0 Å². The number of amides is 1. The molecule has 1 amide bonds. The van der Waals surface area contributed by atoms with Crippen LogP contribution in [0.15, 0.2) is 0 Å². The fourth-order valence-electron chi connectivity index (χ4n) is 2.92. The van der Waals surface area contributed by atoms with Crippen molar-refractivity contribution >= 4 is 5.91 Å². The highest BCUT2D eigenvalue weighted by atomic mass is 19.4. The van der Waals surface area contributed by atoms with Gasteiger partial charge in [-0.2, -0.15) is 13.2 Å². The van der Waals surface area contributed by atoms with Crippen LogP contribution in [-0.4, -0.2) is 31.2 Å². The van der Waals surface area contributed by atoms with Crippen LogP contribution >= 0.6 is 0 Å². The van der Waals surface area contributed by atoms with Crippen LogP contribution in [0.2, 0.25) is 0 Å². The third-order valence-corrected chi connectivity index (χ3v) is 4.31. The van der Waals surface area contributed by atoms with Crippen LogP contribution in [0.3, 0.4) is 0 Å². The summed E-state index contributed by atoms with van der Waals surface area (Å²) in [5, 5.41) is 5.27. The van der Waals surface area contributed by atoms with Crippen molar-refractivity contribution in [2.24, 2.45) is 11.3 Å². The number of rotatable bonds is 2. The predicted molar refractivity (Wildman–Crippen MR) is 60.9 cm³/mol. The van der Waals surface area contributed by atoms with Crippen LogP contribution < -0.4 is 10.6 Å². The van der Waals surface area contributed by atoms with Gasteiger partial charge in [0, 0.05) is 12.6 Å². The number of halogens is 3. The van der Waals surface area contributed by atoms with Crippen molar-refractivity contribution in [3.63, 3.8) is 0 Å². The molecule has 0 aromatic carbocycles. The van der Waals surface area contributed by atoms with Gasteiger partial charge in [-0.05, 0) is 31.7 Å². The molecule has 6 heteroatoms. The Balaban J connectivity index is 2.10. The normalized spacial score (nSPS) is 36.9. The SMILES string of the molecule is CC1CCCC1NC(=O)C1(C(F)(F)F)CCNC1. The molecular weight excluding hydrogens is 245 g/mol. The molecule has 2 N–H and O–H groups in total. The molecule has 18 heavy (non-hydrogen) atoms. The summed E-state index contributed by atoms with van der Waals surface area (Å²) in [6.07, 6.45) is -1.91. The van der Waals surface area contributed by atoms with Gasteiger partial charge in [0.15, 0.2) is 5.41 Å². The maximum Gasteiger partial charge on any atom is 0.404 e. The molecule has 2 fully saturated rings. The third kappa shape index (κ3) is 2.22. The van der Waals surface area contributed by atoms with Crippen LogP contribution in [0.1, 0.15) is 32.6 Å². The molecule has 1 aliphatic heterocycles. The van der Waals surface area contributed by atoms with Crippen molar-refractivity contribution in [2.45, 2.75) is 44.8 Å². The molecule has 3 unspecified atom stereocenters. The fourth-order valence-corrected chi connectivity index (χ4v) is 2.92. The van der Waals surface area contributed by atoms with E-state index in [0.29, 0.717) is 0 Å². The summed E-state index contributed by atoms with van der Waals surface area (Å²) in [4.78, 5) is 12.0. The van der Waals surface area contributed by atoms with Gasteiger partial charge in [0.05, 0.1) is 0 Å². The molecule has 0 radical (unpaired) electrons. The Kier molecular flexibility index (Phi) is 3.58. The monoisotopic (exact) mass is 264 g/mol. The van der Waals surface area contributed by atoms with E-state index in [4.69, 9.17) is 0 Å². The average molecular weight is 264 g/mol. The molecule has 0 aromatic rings. The molecule has 0 spiro atoms. The summed E-state index contributed by atoms with van der Waals surface area (Å²) in [6, 6.07) is -0.0997. The van der Waals surface area contributed by atoms with Crippen molar-refractivity contribution in [1.29, 1.82) is 0 Å². The van der Waals surface area contributed by atoms with Gasteiger partial charge in [-0.1, -0.05) is 13.3 Å². The van der Waals surface area contributed by atoms with Crippen molar-refractivity contribution in [3.8, 4) is 0 Å². The molecule has 104 valence electrons. The molecule has 0 bridgehead atoms. The van der Waals surface area contributed by atoms with Crippen LogP contribution in [0.5, 0.6) is 0 Å². The zero-order valence-corrected chi connectivity index (χ0v) is 10.4. The predicted octanol–water partition coefficient (Wildman–Crippen LogP) is 1.83. The van der Waals surface area contributed by atoms with Gasteiger partial charge in [-0.25, -0.2) is 0 Å². The number of carbonyl (C=O) groups excluding carboxylic acids is 1. The lowest BCUT2D eigenvalue weighted by molar-refractivity contribution is -0.216. The minimum atomic E-state index is -4.48. The fraction of sp³-hybridized carbons (Fsp3) is 0.917. The van der Waals surface area contributed by atoms with E-state index < -0.39 is 17.5 Å². The largest absolute Gasteiger partial charge is 0.404 e. The lowest BCUT2D eigenvalue weighted by Gasteiger charge is -2.31. The quantitative estimate of drug-likeness (QED) is 0.799. The summed E-state index contributed by atoms with van der Waals surface area (Å²) in [5.74, 6) is -0.577. The molecule has 1 aliphatic carbocycles. The Morgan fingerprint density at radius 1 is 1.39 bits per heavy atom. The molecule has 3 atom stereocenters. The Bertz CT molecular complexity index is 324. The van der Waals surface area contributed by atoms with E-state index in [1.165, 1.54) is 0 Å². The molecule has 1 heterocycles. The van der Waals surface area contributed by atoms with E-state index in [1.807, 2.05) is 6.92 Å². The highest BCUT2D eigenvalue weighted by molar-refractivity contribution is 5.84. The smallest absolute Gasteiger partial charge is 0.352 e. The zero-order valence-electron chi connectivity index (χ0n) is 10.4. The van der Waals surface area contributed by atoms with Gasteiger partial charge in [-0.15, -0.1) is 0 Å². The van der Waals surface area contributed by atoms with Gasteiger partial charge in [0.1, 0.15) is 0 Å². The summed E-state index contributed by atoms with van der Waals surface area (Å²) in [5.41, 5.74) is -2.23. The maximum absolute atomic E-state index is 13.1. The summed E-state index contributed by atoms with van der Waals surface area (Å²) in [7, 11) is 0. The number of nitrogens with one attached hydrogen (secondary N) is 2. The lowest BCUT2D eigenvalue weighted by Crippen LogP contribution is -2.54. The number of hydrogen-bond acceptors (Lipinski definition) is 2. The second kappa shape index (κ2) is 4.72. The highest BCUT2D eigenvalue weighted by Gasteiger charge is 2.61. The minimum Gasteiger partial charge on any atom is -0.352 e. The zero-order chi connectivity index (χ0) is 13.4. The second-order valence-electron chi connectivity index (χ2n) is 5.49. The molecule has 1 saturated carbocycles. The number of carbonyl (C=O) groups is 1. The van der Waals surface area contributed by atoms with E-state index in [-0.39, 0.29) is 31.5 Å². The number of hydrogen-bond donors (Lipinski definition) is 2. The van der Waals surface area contributed by atoms with Crippen molar-refractivity contribution in [2.75, 3.05) is 13.1 Å². The number of alkyl halides is 3. The second-order valence-corrected chi connectivity index (χ2v) is 5.49. The molecular formula is C12H19F3N2O. The first kappa shape index (κ1) is 13.6. The van der Waals surface area contributed by atoms with Crippen LogP contribution in [0, 0.1) is 11.3 Å². The topological polar surface area (TPSA) is 41.1 Å². The summed E-state index contributed by atoms with van der Waals surface area (Å²) in [6.45, 7) is 1.92. The van der Waals surface area contributed by atoms with E-state index in [9.17, 15) is 18.0 Å². The third-order valence-electron chi connectivity index (χ3n) is 4.31. The molecule has 1 saturated heterocycles. The van der Waals surface area contributed by atoms with Gasteiger partial charge in [0.2, 0.25) is 5.91 Å². The Hall–Kier alpha value is -0.780. The first-order valence-corrected chi connectivity index (χ1v) is 6.45. The van der Waals surface area contributed by atoms with Crippen molar-refractivity contribution in [3.05, 3.63) is 0 Å². The van der Waals surface area contributed by atoms with Crippen LogP contribution in [0.4, 0.5) is 13.2 Å². The van der Waals surface area contributed by atoms with Gasteiger partial charge in [0.25, 0.3) is 0 Å². The van der Waals surface area contributed by atoms with E-state index in [2.05, 4.69) is 10.6 Å². The molecule has 2 aliphatic rings. The standard InChI is InChI=1S/C12H19F3N2O/c1-8-3-2-4-9(8)17-10(18)11(12(13,14)15)5-6-16-7-11/h8-9,16H,2-7H2,1H3,(H,17,18). The van der Waals surface area contributed by atoms with Gasteiger partial charge in [-0.3, -0.25) is 4.79 Å². The van der Waals surface area contributed by atoms with Gasteiger partial charge >= 0.3 is 6.18 Å². The summed E-state index contributed by atoms with van der Waals surface area (Å²) >= 11 is 0. The Morgan fingerprint density at radius 2 is 2.11 bits per heavy atom. The van der Waals surface area contributed by atoms with Crippen molar-refractivity contribution in [1.82, 2.24) is 10.6 Å². The first-order chi connectivity index (χ1) is 8.37. The minimum absolute atomic E-state index is 0.0997. The maximum atomic E-state index is 13.1. The highest BCUT2D eigenvalue weighted by Crippen LogP contribution is 2.43. The van der Waals surface area contributed by atoms with Crippen LogP contribution in [0.25, 0.3) is 0 Å². The molecule has 0 aromatic heterocycles. The Labute approximate surface area is 104 Å². The van der Waals surface area contributed by atoms with Crippen LogP contribution in [-0.2, 0) is 4.79 Å². The van der Waals surface area contributed by atoms with Gasteiger partial charge < -0.3 is 10.6 Å². The Morgan fingerprint density at radius 3 is 2.56 bits per heavy atom. The van der Waals surface area contributed by atoms with E-state index >= 15 is 0 Å². The summed E-state index contributed by atoms with van der Waals surface area (Å²) < 4.78 is 39.4. The average Bonchev–Trinajstić information content (AvgIpc) is 2.87. The van der Waals surface area contributed by atoms with E-state index in [0.717, 1.165) is 19.3 Å². The van der Waals surface area contributed by atoms with Crippen molar-refractivity contribution < 1.29 is 18.0 Å². The first-order valence-electron chi connectivity index (χ1n) is 6.45.